The van der Waals surface area contributed by atoms with Gasteiger partial charge in [0, 0.05) is 30.7 Å². The van der Waals surface area contributed by atoms with Crippen molar-refractivity contribution in [3.8, 4) is 0 Å². The average molecular weight is 219 g/mol. The van der Waals surface area contributed by atoms with E-state index >= 15 is 0 Å². The molecule has 2 heterocycles. The van der Waals surface area contributed by atoms with Crippen molar-refractivity contribution >= 4 is 5.69 Å². The summed E-state index contributed by atoms with van der Waals surface area (Å²) < 4.78 is 0. The molecule has 2 rings (SSSR count). The summed E-state index contributed by atoms with van der Waals surface area (Å²) in [7, 11) is 0. The fourth-order valence-corrected chi connectivity index (χ4v) is 2.28. The van der Waals surface area contributed by atoms with Crippen molar-refractivity contribution in [2.75, 3.05) is 24.5 Å². The van der Waals surface area contributed by atoms with E-state index in [0.29, 0.717) is 0 Å². The smallest absolute Gasteiger partial charge is 0.0421 e. The number of nitrogens with two attached hydrogens (primary N) is 1. The van der Waals surface area contributed by atoms with Gasteiger partial charge in [-0.2, -0.15) is 0 Å². The molecule has 2 N–H and O–H groups in total. The maximum Gasteiger partial charge on any atom is 0.0421 e. The molecule has 0 saturated carbocycles. The summed E-state index contributed by atoms with van der Waals surface area (Å²) >= 11 is 0. The molecule has 1 aliphatic rings. The zero-order valence-corrected chi connectivity index (χ0v) is 10.0. The number of rotatable bonds is 3. The average Bonchev–Trinajstić information content (AvgIpc) is 2.39. The molecule has 1 saturated heterocycles. The van der Waals surface area contributed by atoms with E-state index < -0.39 is 0 Å². The molecular formula is C13H21N3. The van der Waals surface area contributed by atoms with E-state index in [-0.39, 0.29) is 0 Å². The first kappa shape index (κ1) is 11.4. The molecule has 1 aromatic heterocycles. The summed E-state index contributed by atoms with van der Waals surface area (Å²) in [5.74, 6) is 0.726. The van der Waals surface area contributed by atoms with E-state index in [1.165, 1.54) is 24.2 Å². The Bertz CT molecular complexity index is 330. The number of hydrogen-bond acceptors (Lipinski definition) is 3. The van der Waals surface area contributed by atoms with Crippen molar-refractivity contribution in [1.29, 1.82) is 0 Å². The Morgan fingerprint density at radius 2 is 2.19 bits per heavy atom. The molecule has 0 bridgehead atoms. The summed E-state index contributed by atoms with van der Waals surface area (Å²) in [4.78, 5) is 6.79. The summed E-state index contributed by atoms with van der Waals surface area (Å²) in [5, 5.41) is 0. The maximum atomic E-state index is 5.70. The van der Waals surface area contributed by atoms with Crippen LogP contribution in [0.2, 0.25) is 0 Å². The molecule has 0 unspecified atom stereocenters. The lowest BCUT2D eigenvalue weighted by atomic mass is 9.97. The fraction of sp³-hybridized carbons (Fsp3) is 0.615. The zero-order valence-electron chi connectivity index (χ0n) is 10.0. The number of nitrogens with zero attached hydrogens (tertiary/aromatic N) is 2. The molecule has 1 fully saturated rings. The first-order chi connectivity index (χ1) is 7.83. The summed E-state index contributed by atoms with van der Waals surface area (Å²) in [6, 6.07) is 4.32. The first-order valence-electron chi connectivity index (χ1n) is 6.23. The van der Waals surface area contributed by atoms with E-state index in [0.717, 1.165) is 32.0 Å². The minimum atomic E-state index is 0.726. The fourth-order valence-electron chi connectivity index (χ4n) is 2.28. The van der Waals surface area contributed by atoms with E-state index in [9.17, 15) is 0 Å². The molecule has 3 heteroatoms. The molecule has 3 nitrogen and oxygen atoms in total. The predicted octanol–water partition coefficient (Wildman–Crippen LogP) is 1.82. The van der Waals surface area contributed by atoms with Crippen LogP contribution in [0, 0.1) is 5.92 Å². The van der Waals surface area contributed by atoms with Gasteiger partial charge in [0.05, 0.1) is 0 Å². The number of aromatic nitrogens is 1. The van der Waals surface area contributed by atoms with Crippen molar-refractivity contribution in [3.63, 3.8) is 0 Å². The lowest BCUT2D eigenvalue weighted by Crippen LogP contribution is -2.36. The molecule has 0 aliphatic carbocycles. The molecule has 0 aromatic carbocycles. The van der Waals surface area contributed by atoms with Crippen LogP contribution in [0.1, 0.15) is 25.5 Å². The van der Waals surface area contributed by atoms with Gasteiger partial charge in [-0.1, -0.05) is 6.92 Å². The van der Waals surface area contributed by atoms with Crippen LogP contribution < -0.4 is 10.6 Å². The van der Waals surface area contributed by atoms with Crippen molar-refractivity contribution in [1.82, 2.24) is 4.98 Å². The largest absolute Gasteiger partial charge is 0.371 e. The molecule has 0 radical (unpaired) electrons. The second-order valence-electron chi connectivity index (χ2n) is 4.53. The molecule has 88 valence electrons. The zero-order chi connectivity index (χ0) is 11.4. The Labute approximate surface area is 97.7 Å². The minimum absolute atomic E-state index is 0.726. The third-order valence-corrected chi connectivity index (χ3v) is 3.48. The van der Waals surface area contributed by atoms with E-state index in [2.05, 4.69) is 28.9 Å². The molecule has 1 aromatic rings. The van der Waals surface area contributed by atoms with Gasteiger partial charge in [-0.25, -0.2) is 0 Å². The van der Waals surface area contributed by atoms with Crippen LogP contribution >= 0.6 is 0 Å². The lowest BCUT2D eigenvalue weighted by Gasteiger charge is -2.33. The van der Waals surface area contributed by atoms with Gasteiger partial charge in [0.2, 0.25) is 0 Å². The summed E-state index contributed by atoms with van der Waals surface area (Å²) in [5.41, 5.74) is 8.21. The van der Waals surface area contributed by atoms with Crippen molar-refractivity contribution in [2.24, 2.45) is 11.7 Å². The number of pyridine rings is 1. The molecule has 16 heavy (non-hydrogen) atoms. The molecule has 0 atom stereocenters. The number of piperidine rings is 1. The highest BCUT2D eigenvalue weighted by atomic mass is 15.1. The third-order valence-electron chi connectivity index (χ3n) is 3.48. The topological polar surface area (TPSA) is 42.1 Å². The second-order valence-corrected chi connectivity index (χ2v) is 4.53. The summed E-state index contributed by atoms with van der Waals surface area (Å²) in [6.07, 6.45) is 5.37. The minimum Gasteiger partial charge on any atom is -0.371 e. The van der Waals surface area contributed by atoms with Crippen LogP contribution in [0.25, 0.3) is 0 Å². The highest BCUT2D eigenvalue weighted by Crippen LogP contribution is 2.22. The van der Waals surface area contributed by atoms with Crippen LogP contribution in [0.3, 0.4) is 0 Å². The monoisotopic (exact) mass is 219 g/mol. The van der Waals surface area contributed by atoms with Gasteiger partial charge in [0.1, 0.15) is 0 Å². The third kappa shape index (κ3) is 2.53. The van der Waals surface area contributed by atoms with Crippen LogP contribution in [0.15, 0.2) is 18.3 Å². The highest BCUT2D eigenvalue weighted by Gasteiger charge is 2.18. The Kier molecular flexibility index (Phi) is 3.78. The first-order valence-corrected chi connectivity index (χ1v) is 6.23. The normalized spacial score (nSPS) is 17.8. The number of aryl methyl sites for hydroxylation is 1. The Morgan fingerprint density at radius 3 is 2.81 bits per heavy atom. The van der Waals surface area contributed by atoms with Crippen LogP contribution in [-0.4, -0.2) is 24.6 Å². The summed E-state index contributed by atoms with van der Waals surface area (Å²) in [6.45, 7) is 5.25. The van der Waals surface area contributed by atoms with Gasteiger partial charge in [-0.3, -0.25) is 4.98 Å². The van der Waals surface area contributed by atoms with Gasteiger partial charge in [0.15, 0.2) is 0 Å². The number of anilines is 1. The van der Waals surface area contributed by atoms with Crippen molar-refractivity contribution in [3.05, 3.63) is 24.0 Å². The predicted molar refractivity (Wildman–Crippen MR) is 67.6 cm³/mol. The van der Waals surface area contributed by atoms with E-state index in [4.69, 9.17) is 5.73 Å². The molecule has 0 amide bonds. The molecule has 1 aliphatic heterocycles. The van der Waals surface area contributed by atoms with Gasteiger partial charge in [0.25, 0.3) is 0 Å². The van der Waals surface area contributed by atoms with E-state index in [1.54, 1.807) is 0 Å². The lowest BCUT2D eigenvalue weighted by molar-refractivity contribution is 0.414. The van der Waals surface area contributed by atoms with Gasteiger partial charge in [-0.15, -0.1) is 0 Å². The van der Waals surface area contributed by atoms with Gasteiger partial charge < -0.3 is 10.6 Å². The van der Waals surface area contributed by atoms with Crippen LogP contribution in [0.5, 0.6) is 0 Å². The van der Waals surface area contributed by atoms with E-state index in [1.807, 2.05) is 6.20 Å². The standard InChI is InChI=1S/C13H21N3/c1-2-12-9-13(3-6-15-12)16-7-4-11(10-14)5-8-16/h3,6,9,11H,2,4-5,7-8,10,14H2,1H3. The Balaban J connectivity index is 2.02. The molecule has 0 spiro atoms. The molecular weight excluding hydrogens is 198 g/mol. The Hall–Kier alpha value is -1.09. The SMILES string of the molecule is CCc1cc(N2CCC(CN)CC2)ccn1. The van der Waals surface area contributed by atoms with Crippen molar-refractivity contribution in [2.45, 2.75) is 26.2 Å². The quantitative estimate of drug-likeness (QED) is 0.843. The van der Waals surface area contributed by atoms with Crippen LogP contribution in [0.4, 0.5) is 5.69 Å². The second kappa shape index (κ2) is 5.30. The number of hydrogen-bond donors (Lipinski definition) is 1. The maximum absolute atomic E-state index is 5.70. The van der Waals surface area contributed by atoms with Crippen molar-refractivity contribution < 1.29 is 0 Å². The Morgan fingerprint density at radius 1 is 1.44 bits per heavy atom. The van der Waals surface area contributed by atoms with Gasteiger partial charge >= 0.3 is 0 Å². The van der Waals surface area contributed by atoms with Crippen LogP contribution in [-0.2, 0) is 6.42 Å². The van der Waals surface area contributed by atoms with Gasteiger partial charge in [-0.05, 0) is 43.9 Å². The highest BCUT2D eigenvalue weighted by molar-refractivity contribution is 5.46.